The number of hydrogen-bond acceptors (Lipinski definition) is 4. The lowest BCUT2D eigenvalue weighted by molar-refractivity contribution is -0.138. The first-order valence-corrected chi connectivity index (χ1v) is 10.2. The van der Waals surface area contributed by atoms with Crippen molar-refractivity contribution in [3.63, 3.8) is 0 Å². The second kappa shape index (κ2) is 10.7. The van der Waals surface area contributed by atoms with E-state index in [4.69, 9.17) is 14.6 Å². The van der Waals surface area contributed by atoms with Crippen LogP contribution in [0.5, 0.6) is 5.75 Å². The van der Waals surface area contributed by atoms with Gasteiger partial charge in [0, 0.05) is 12.1 Å². The fourth-order valence-corrected chi connectivity index (χ4v) is 3.34. The number of alkyl halides is 3. The number of halogens is 3. The van der Waals surface area contributed by atoms with Crippen LogP contribution in [-0.2, 0) is 35.3 Å². The number of carbonyl (C=O) groups is 2. The molecule has 0 fully saturated rings. The van der Waals surface area contributed by atoms with Gasteiger partial charge in [-0.1, -0.05) is 42.5 Å². The Morgan fingerprint density at radius 2 is 1.65 bits per heavy atom. The summed E-state index contributed by atoms with van der Waals surface area (Å²) < 4.78 is 48.9. The molecule has 6 nitrogen and oxygen atoms in total. The van der Waals surface area contributed by atoms with Gasteiger partial charge >= 0.3 is 18.2 Å². The van der Waals surface area contributed by atoms with E-state index in [1.54, 1.807) is 30.3 Å². The molecule has 0 aliphatic rings. The van der Waals surface area contributed by atoms with Crippen LogP contribution in [0.4, 0.5) is 18.0 Å². The highest BCUT2D eigenvalue weighted by Crippen LogP contribution is 2.30. The van der Waals surface area contributed by atoms with Gasteiger partial charge in [-0.2, -0.15) is 13.2 Å². The van der Waals surface area contributed by atoms with Gasteiger partial charge in [-0.3, -0.25) is 4.79 Å². The molecule has 2 N–H and O–H groups in total. The zero-order valence-electron chi connectivity index (χ0n) is 18.2. The SMILES string of the molecule is COc1ccc(-c2cccc(CC(=O)O)c2)cc1CNC(=O)OCc1cccc(C(F)(F)F)c1. The third-order valence-corrected chi connectivity index (χ3v) is 4.94. The molecular weight excluding hydrogens is 451 g/mol. The number of alkyl carbamates (subject to hydrolysis) is 1. The molecule has 34 heavy (non-hydrogen) atoms. The number of carboxylic acid groups (broad SMARTS) is 1. The van der Waals surface area contributed by atoms with Gasteiger partial charge in [-0.15, -0.1) is 0 Å². The number of ether oxygens (including phenoxy) is 2. The van der Waals surface area contributed by atoms with Crippen LogP contribution in [-0.4, -0.2) is 24.3 Å². The Balaban J connectivity index is 1.66. The maximum atomic E-state index is 12.8. The Morgan fingerprint density at radius 3 is 2.35 bits per heavy atom. The molecule has 0 atom stereocenters. The molecule has 0 heterocycles. The van der Waals surface area contributed by atoms with Crippen molar-refractivity contribution in [2.45, 2.75) is 25.7 Å². The summed E-state index contributed by atoms with van der Waals surface area (Å²) in [6, 6.07) is 17.0. The van der Waals surface area contributed by atoms with E-state index in [2.05, 4.69) is 5.32 Å². The first kappa shape index (κ1) is 24.6. The number of carboxylic acids is 1. The normalized spacial score (nSPS) is 11.1. The van der Waals surface area contributed by atoms with E-state index >= 15 is 0 Å². The fourth-order valence-electron chi connectivity index (χ4n) is 3.34. The summed E-state index contributed by atoms with van der Waals surface area (Å²) in [7, 11) is 1.48. The molecule has 0 aliphatic heterocycles. The van der Waals surface area contributed by atoms with Gasteiger partial charge < -0.3 is 19.9 Å². The smallest absolute Gasteiger partial charge is 0.416 e. The second-order valence-corrected chi connectivity index (χ2v) is 7.43. The number of amides is 1. The zero-order valence-corrected chi connectivity index (χ0v) is 18.2. The molecule has 0 spiro atoms. The quantitative estimate of drug-likeness (QED) is 0.456. The fraction of sp³-hybridized carbons (Fsp3) is 0.200. The van der Waals surface area contributed by atoms with Gasteiger partial charge in [0.25, 0.3) is 0 Å². The Hall–Kier alpha value is -4.01. The van der Waals surface area contributed by atoms with Crippen LogP contribution in [0.25, 0.3) is 11.1 Å². The van der Waals surface area contributed by atoms with Crippen molar-refractivity contribution in [1.82, 2.24) is 5.32 Å². The molecular formula is C25H22F3NO5. The molecule has 178 valence electrons. The van der Waals surface area contributed by atoms with Gasteiger partial charge in [0.2, 0.25) is 0 Å². The topological polar surface area (TPSA) is 84.9 Å². The highest BCUT2D eigenvalue weighted by atomic mass is 19.4. The van der Waals surface area contributed by atoms with Gasteiger partial charge in [-0.25, -0.2) is 4.79 Å². The number of carbonyl (C=O) groups excluding carboxylic acids is 1. The molecule has 3 rings (SSSR count). The number of hydrogen-bond donors (Lipinski definition) is 2. The average molecular weight is 473 g/mol. The highest BCUT2D eigenvalue weighted by molar-refractivity contribution is 5.73. The minimum absolute atomic E-state index is 0.0489. The van der Waals surface area contributed by atoms with Gasteiger partial charge in [-0.05, 0) is 46.5 Å². The summed E-state index contributed by atoms with van der Waals surface area (Å²) in [5.41, 5.74) is 2.28. The standard InChI is InChI=1S/C25H22F3NO5/c1-33-22-9-8-19(18-6-2-4-16(10-18)12-23(30)31)13-20(22)14-29-24(32)34-15-17-5-3-7-21(11-17)25(26,27)28/h2-11,13H,12,14-15H2,1H3,(H,29,32)(H,30,31). The monoisotopic (exact) mass is 473 g/mol. The van der Waals surface area contributed by atoms with Crippen LogP contribution in [0.15, 0.2) is 66.7 Å². The molecule has 9 heteroatoms. The van der Waals surface area contributed by atoms with Crippen LogP contribution in [0, 0.1) is 0 Å². The van der Waals surface area contributed by atoms with Crippen molar-refractivity contribution in [3.8, 4) is 16.9 Å². The van der Waals surface area contributed by atoms with Crippen LogP contribution in [0.1, 0.15) is 22.3 Å². The zero-order chi connectivity index (χ0) is 24.7. The highest BCUT2D eigenvalue weighted by Gasteiger charge is 2.30. The first-order chi connectivity index (χ1) is 16.2. The minimum atomic E-state index is -4.48. The minimum Gasteiger partial charge on any atom is -0.496 e. The van der Waals surface area contributed by atoms with Crippen molar-refractivity contribution in [1.29, 1.82) is 0 Å². The molecule has 0 aromatic heterocycles. The number of methoxy groups -OCH3 is 1. The Kier molecular flexibility index (Phi) is 7.78. The molecule has 0 bridgehead atoms. The van der Waals surface area contributed by atoms with Crippen LogP contribution in [0.2, 0.25) is 0 Å². The summed E-state index contributed by atoms with van der Waals surface area (Å²) in [6.45, 7) is -0.267. The van der Waals surface area contributed by atoms with Gasteiger partial charge in [0.1, 0.15) is 12.4 Å². The molecule has 0 unspecified atom stereocenters. The molecule has 1 amide bonds. The Bertz CT molecular complexity index is 1180. The summed E-state index contributed by atoms with van der Waals surface area (Å²) in [5.74, 6) is -0.413. The largest absolute Gasteiger partial charge is 0.496 e. The van der Waals surface area contributed by atoms with Crippen molar-refractivity contribution in [2.75, 3.05) is 7.11 Å². The van der Waals surface area contributed by atoms with E-state index in [9.17, 15) is 22.8 Å². The van der Waals surface area contributed by atoms with Gasteiger partial charge in [0.15, 0.2) is 0 Å². The summed E-state index contributed by atoms with van der Waals surface area (Å²) in [6.07, 6.45) is -5.38. The number of aliphatic carboxylic acids is 1. The van der Waals surface area contributed by atoms with E-state index in [0.29, 0.717) is 16.9 Å². The predicted molar refractivity (Wildman–Crippen MR) is 118 cm³/mol. The van der Waals surface area contributed by atoms with Gasteiger partial charge in [0.05, 0.1) is 19.1 Å². The maximum Gasteiger partial charge on any atom is 0.416 e. The summed E-state index contributed by atoms with van der Waals surface area (Å²) in [5, 5.41) is 11.6. The number of rotatable bonds is 8. The molecule has 0 saturated carbocycles. The van der Waals surface area contributed by atoms with E-state index in [1.165, 1.54) is 19.2 Å². The van der Waals surface area contributed by atoms with E-state index < -0.39 is 23.8 Å². The predicted octanol–water partition coefficient (Wildman–Crippen LogP) is 5.43. The summed E-state index contributed by atoms with van der Waals surface area (Å²) >= 11 is 0. The lowest BCUT2D eigenvalue weighted by atomic mass is 9.99. The van der Waals surface area contributed by atoms with Crippen molar-refractivity contribution >= 4 is 12.1 Å². The van der Waals surface area contributed by atoms with Crippen molar-refractivity contribution < 1.29 is 37.3 Å². The average Bonchev–Trinajstić information content (AvgIpc) is 2.80. The lowest BCUT2D eigenvalue weighted by Gasteiger charge is -2.13. The van der Waals surface area contributed by atoms with Crippen LogP contribution < -0.4 is 10.1 Å². The molecule has 3 aromatic carbocycles. The molecule has 0 saturated heterocycles. The van der Waals surface area contributed by atoms with Crippen molar-refractivity contribution in [3.05, 3.63) is 89.0 Å². The number of nitrogens with one attached hydrogen (secondary N) is 1. The van der Waals surface area contributed by atoms with E-state index in [-0.39, 0.29) is 25.1 Å². The number of benzene rings is 3. The third-order valence-electron chi connectivity index (χ3n) is 4.94. The van der Waals surface area contributed by atoms with E-state index in [1.807, 2.05) is 12.1 Å². The molecule has 3 aromatic rings. The van der Waals surface area contributed by atoms with Crippen molar-refractivity contribution in [2.24, 2.45) is 0 Å². The second-order valence-electron chi connectivity index (χ2n) is 7.43. The van der Waals surface area contributed by atoms with Crippen LogP contribution in [0.3, 0.4) is 0 Å². The molecule has 0 radical (unpaired) electrons. The van der Waals surface area contributed by atoms with Crippen LogP contribution >= 0.6 is 0 Å². The first-order valence-electron chi connectivity index (χ1n) is 10.2. The van der Waals surface area contributed by atoms with E-state index in [0.717, 1.165) is 23.3 Å². The summed E-state index contributed by atoms with van der Waals surface area (Å²) in [4.78, 5) is 23.1. The third kappa shape index (κ3) is 6.74. The Labute approximate surface area is 193 Å². The lowest BCUT2D eigenvalue weighted by Crippen LogP contribution is -2.24. The Morgan fingerprint density at radius 1 is 0.941 bits per heavy atom. The molecule has 0 aliphatic carbocycles. The maximum absolute atomic E-state index is 12.8.